The molecular weight excluding hydrogens is 346 g/mol. The predicted octanol–water partition coefficient (Wildman–Crippen LogP) is 2.93. The van der Waals surface area contributed by atoms with Crippen LogP contribution in [0.15, 0.2) is 53.4 Å². The number of carbonyl (C=O) groups is 2. The van der Waals surface area contributed by atoms with E-state index in [1.54, 1.807) is 24.3 Å². The van der Waals surface area contributed by atoms with Gasteiger partial charge >= 0.3 is 12.1 Å². The first-order valence-corrected chi connectivity index (χ1v) is 9.06. The summed E-state index contributed by atoms with van der Waals surface area (Å²) in [5.74, 6) is -1.43. The van der Waals surface area contributed by atoms with Gasteiger partial charge in [0.25, 0.3) is 0 Å². The van der Waals surface area contributed by atoms with Gasteiger partial charge in [0.2, 0.25) is 0 Å². The summed E-state index contributed by atoms with van der Waals surface area (Å²) in [6.45, 7) is 1.48. The molecular formula is C17H17NO6S. The summed E-state index contributed by atoms with van der Waals surface area (Å²) in [6, 6.07) is 12.4. The van der Waals surface area contributed by atoms with E-state index in [9.17, 15) is 23.1 Å². The second-order valence-corrected chi connectivity index (χ2v) is 7.38. The maximum atomic E-state index is 11.9. The average molecular weight is 363 g/mol. The fraction of sp³-hybridized carbons (Fsp3) is 0.176. The molecule has 0 radical (unpaired) electrons. The van der Waals surface area contributed by atoms with E-state index in [0.717, 1.165) is 17.7 Å². The molecule has 0 spiro atoms. The standard InChI is InChI=1S/C17H17NO6S/c1-2-25(22,23)13-8-9-14(16(19)20)15(10-13)18-17(21)24-11-12-6-4-3-5-7-12/h3-10H,2,11H2,1H3,(H,18,21)(H,19,20). The highest BCUT2D eigenvalue weighted by molar-refractivity contribution is 7.91. The van der Waals surface area contributed by atoms with Crippen LogP contribution in [0.5, 0.6) is 0 Å². The van der Waals surface area contributed by atoms with Gasteiger partial charge in [-0.1, -0.05) is 37.3 Å². The highest BCUT2D eigenvalue weighted by Gasteiger charge is 2.18. The SMILES string of the molecule is CCS(=O)(=O)c1ccc(C(=O)O)c(NC(=O)OCc2ccccc2)c1. The number of hydrogen-bond donors (Lipinski definition) is 2. The lowest BCUT2D eigenvalue weighted by atomic mass is 10.2. The Bertz CT molecular complexity index is 877. The third kappa shape index (κ3) is 4.80. The number of carboxylic acids is 1. The van der Waals surface area contributed by atoms with Crippen molar-refractivity contribution in [3.8, 4) is 0 Å². The van der Waals surface area contributed by atoms with E-state index in [4.69, 9.17) is 4.74 Å². The first kappa shape index (κ1) is 18.5. The van der Waals surface area contributed by atoms with E-state index in [-0.39, 0.29) is 28.5 Å². The lowest BCUT2D eigenvalue weighted by molar-refractivity contribution is 0.0698. The summed E-state index contributed by atoms with van der Waals surface area (Å²) in [7, 11) is -3.54. The molecule has 8 heteroatoms. The maximum Gasteiger partial charge on any atom is 0.411 e. The molecule has 2 aromatic carbocycles. The van der Waals surface area contributed by atoms with Crippen molar-refractivity contribution in [1.82, 2.24) is 0 Å². The number of hydrogen-bond acceptors (Lipinski definition) is 5. The summed E-state index contributed by atoms with van der Waals surface area (Å²) in [4.78, 5) is 23.1. The minimum Gasteiger partial charge on any atom is -0.478 e. The molecule has 0 atom stereocenters. The summed E-state index contributed by atoms with van der Waals surface area (Å²) in [5.41, 5.74) is 0.394. The van der Waals surface area contributed by atoms with E-state index in [1.807, 2.05) is 6.07 Å². The quantitative estimate of drug-likeness (QED) is 0.816. The van der Waals surface area contributed by atoms with Gasteiger partial charge in [0, 0.05) is 0 Å². The highest BCUT2D eigenvalue weighted by atomic mass is 32.2. The molecule has 0 saturated heterocycles. The Hall–Kier alpha value is -2.87. The molecule has 0 aromatic heterocycles. The summed E-state index contributed by atoms with van der Waals surface area (Å²) in [5, 5.41) is 11.5. The minimum atomic E-state index is -3.54. The van der Waals surface area contributed by atoms with Crippen LogP contribution in [0.2, 0.25) is 0 Å². The maximum absolute atomic E-state index is 11.9. The van der Waals surface area contributed by atoms with Crippen molar-refractivity contribution >= 4 is 27.6 Å². The number of rotatable bonds is 6. The highest BCUT2D eigenvalue weighted by Crippen LogP contribution is 2.22. The van der Waals surface area contributed by atoms with E-state index in [0.29, 0.717) is 0 Å². The van der Waals surface area contributed by atoms with Crippen molar-refractivity contribution in [3.63, 3.8) is 0 Å². The summed E-state index contributed by atoms with van der Waals surface area (Å²) < 4.78 is 28.9. The van der Waals surface area contributed by atoms with Crippen LogP contribution >= 0.6 is 0 Å². The molecule has 2 rings (SSSR count). The molecule has 0 aliphatic heterocycles. The first-order chi connectivity index (χ1) is 11.8. The van der Waals surface area contributed by atoms with E-state index >= 15 is 0 Å². The number of nitrogens with one attached hydrogen (secondary N) is 1. The zero-order valence-electron chi connectivity index (χ0n) is 13.4. The van der Waals surface area contributed by atoms with Crippen molar-refractivity contribution in [1.29, 1.82) is 0 Å². The molecule has 0 aliphatic rings. The minimum absolute atomic E-state index is 0.00201. The number of amides is 1. The fourth-order valence-corrected chi connectivity index (χ4v) is 2.95. The third-order valence-corrected chi connectivity index (χ3v) is 5.14. The largest absolute Gasteiger partial charge is 0.478 e. The molecule has 0 unspecified atom stereocenters. The molecule has 0 fully saturated rings. The number of benzene rings is 2. The van der Waals surface area contributed by atoms with Gasteiger partial charge in [-0.3, -0.25) is 5.32 Å². The molecule has 2 N–H and O–H groups in total. The lowest BCUT2D eigenvalue weighted by Gasteiger charge is -2.11. The van der Waals surface area contributed by atoms with E-state index in [2.05, 4.69) is 5.32 Å². The molecule has 2 aromatic rings. The van der Waals surface area contributed by atoms with Crippen LogP contribution in [0.1, 0.15) is 22.8 Å². The smallest absolute Gasteiger partial charge is 0.411 e. The number of anilines is 1. The molecule has 0 heterocycles. The van der Waals surface area contributed by atoms with Crippen molar-refractivity contribution in [2.45, 2.75) is 18.4 Å². The Morgan fingerprint density at radius 2 is 1.80 bits per heavy atom. The van der Waals surface area contributed by atoms with Crippen LogP contribution in [0, 0.1) is 0 Å². The Balaban J connectivity index is 2.19. The molecule has 0 bridgehead atoms. The van der Waals surface area contributed by atoms with Crippen LogP contribution in [0.3, 0.4) is 0 Å². The molecule has 0 saturated carbocycles. The van der Waals surface area contributed by atoms with Gasteiger partial charge in [0.1, 0.15) is 6.61 Å². The van der Waals surface area contributed by atoms with Crippen molar-refractivity contribution < 1.29 is 27.9 Å². The lowest BCUT2D eigenvalue weighted by Crippen LogP contribution is -2.17. The van der Waals surface area contributed by atoms with Gasteiger partial charge in [-0.2, -0.15) is 0 Å². The van der Waals surface area contributed by atoms with Crippen LogP contribution < -0.4 is 5.32 Å². The summed E-state index contributed by atoms with van der Waals surface area (Å²) >= 11 is 0. The van der Waals surface area contributed by atoms with E-state index in [1.165, 1.54) is 13.0 Å². The molecule has 1 amide bonds. The zero-order chi connectivity index (χ0) is 18.4. The van der Waals surface area contributed by atoms with Crippen LogP contribution in [0.25, 0.3) is 0 Å². The molecule has 7 nitrogen and oxygen atoms in total. The number of sulfone groups is 1. The van der Waals surface area contributed by atoms with Gasteiger partial charge in [0.15, 0.2) is 9.84 Å². The Labute approximate surface area is 145 Å². The van der Waals surface area contributed by atoms with Gasteiger partial charge in [-0.25, -0.2) is 18.0 Å². The summed E-state index contributed by atoms with van der Waals surface area (Å²) in [6.07, 6.45) is -0.877. The Morgan fingerprint density at radius 1 is 1.12 bits per heavy atom. The zero-order valence-corrected chi connectivity index (χ0v) is 14.2. The van der Waals surface area contributed by atoms with Crippen LogP contribution in [-0.4, -0.2) is 31.3 Å². The average Bonchev–Trinajstić information content (AvgIpc) is 2.60. The van der Waals surface area contributed by atoms with Gasteiger partial charge in [0.05, 0.1) is 21.9 Å². The van der Waals surface area contributed by atoms with Gasteiger partial charge < -0.3 is 9.84 Å². The number of carboxylic acid groups (broad SMARTS) is 1. The predicted molar refractivity (Wildman–Crippen MR) is 91.4 cm³/mol. The number of carbonyl (C=O) groups excluding carboxylic acids is 1. The first-order valence-electron chi connectivity index (χ1n) is 7.41. The normalized spacial score (nSPS) is 10.9. The third-order valence-electron chi connectivity index (χ3n) is 3.41. The van der Waals surface area contributed by atoms with Crippen molar-refractivity contribution in [2.75, 3.05) is 11.1 Å². The topological polar surface area (TPSA) is 110 Å². The van der Waals surface area contributed by atoms with Gasteiger partial charge in [-0.05, 0) is 23.8 Å². The molecule has 0 aliphatic carbocycles. The van der Waals surface area contributed by atoms with Crippen molar-refractivity contribution in [3.05, 3.63) is 59.7 Å². The molecule has 25 heavy (non-hydrogen) atoms. The monoisotopic (exact) mass is 363 g/mol. The van der Waals surface area contributed by atoms with Crippen LogP contribution in [-0.2, 0) is 21.2 Å². The molecule has 132 valence electrons. The fourth-order valence-electron chi connectivity index (χ4n) is 2.04. The van der Waals surface area contributed by atoms with Gasteiger partial charge in [-0.15, -0.1) is 0 Å². The van der Waals surface area contributed by atoms with E-state index < -0.39 is 21.9 Å². The second-order valence-electron chi connectivity index (χ2n) is 5.10. The van der Waals surface area contributed by atoms with Crippen molar-refractivity contribution in [2.24, 2.45) is 0 Å². The number of ether oxygens (including phenoxy) is 1. The Kier molecular flexibility index (Phi) is 5.76. The second kappa shape index (κ2) is 7.80. The Morgan fingerprint density at radius 3 is 2.40 bits per heavy atom. The number of aromatic carboxylic acids is 1. The van der Waals surface area contributed by atoms with Crippen LogP contribution in [0.4, 0.5) is 10.5 Å².